The Morgan fingerprint density at radius 3 is 2.21 bits per heavy atom. The third-order valence-electron chi connectivity index (χ3n) is 3.98. The van der Waals surface area contributed by atoms with Gasteiger partial charge in [-0.3, -0.25) is 4.90 Å². The van der Waals surface area contributed by atoms with Crippen molar-refractivity contribution < 1.29 is 0 Å². The smallest absolute Gasteiger partial charge is 0.0131 e. The zero-order valence-electron chi connectivity index (χ0n) is 9.87. The minimum atomic E-state index is 0.893. The molecule has 0 N–H and O–H groups in total. The van der Waals surface area contributed by atoms with E-state index in [0.717, 1.165) is 17.9 Å². The summed E-state index contributed by atoms with van der Waals surface area (Å²) in [5.74, 6) is 1.90. The van der Waals surface area contributed by atoms with Crippen LogP contribution >= 0.6 is 0 Å². The van der Waals surface area contributed by atoms with Crippen LogP contribution in [0, 0.1) is 11.8 Å². The zero-order chi connectivity index (χ0) is 10.1. The monoisotopic (exact) mass is 196 g/mol. The summed E-state index contributed by atoms with van der Waals surface area (Å²) < 4.78 is 0. The van der Waals surface area contributed by atoms with Crippen LogP contribution in [0.1, 0.15) is 27.2 Å². The largest absolute Gasteiger partial charge is 0.301 e. The average molecular weight is 196 g/mol. The van der Waals surface area contributed by atoms with Crippen molar-refractivity contribution in [2.45, 2.75) is 33.2 Å². The predicted octanol–water partition coefficient (Wildman–Crippen LogP) is 1.67. The van der Waals surface area contributed by atoms with Crippen LogP contribution in [0.2, 0.25) is 0 Å². The van der Waals surface area contributed by atoms with Crippen LogP contribution in [0.5, 0.6) is 0 Å². The van der Waals surface area contributed by atoms with Gasteiger partial charge >= 0.3 is 0 Å². The molecule has 2 nitrogen and oxygen atoms in total. The second kappa shape index (κ2) is 4.19. The second-order valence-electron chi connectivity index (χ2n) is 5.18. The molecule has 2 atom stereocenters. The summed E-state index contributed by atoms with van der Waals surface area (Å²) in [7, 11) is 0. The van der Waals surface area contributed by atoms with E-state index in [-0.39, 0.29) is 0 Å². The lowest BCUT2D eigenvalue weighted by molar-refractivity contribution is 0.124. The first-order valence-corrected chi connectivity index (χ1v) is 6.18. The Bertz CT molecular complexity index is 183. The van der Waals surface area contributed by atoms with Crippen molar-refractivity contribution in [1.29, 1.82) is 0 Å². The molecule has 0 amide bonds. The van der Waals surface area contributed by atoms with Crippen molar-refractivity contribution in [2.24, 2.45) is 11.8 Å². The number of nitrogens with zero attached hydrogens (tertiary/aromatic N) is 2. The molecule has 0 bridgehead atoms. The van der Waals surface area contributed by atoms with Gasteiger partial charge in [0.2, 0.25) is 0 Å². The first-order valence-electron chi connectivity index (χ1n) is 6.18. The SMILES string of the molecule is CCN1CCN(C2CC2C(C)C)CC1. The highest BCUT2D eigenvalue weighted by molar-refractivity contribution is 4.97. The molecule has 1 saturated carbocycles. The van der Waals surface area contributed by atoms with Crippen LogP contribution in [0.15, 0.2) is 0 Å². The van der Waals surface area contributed by atoms with Crippen molar-refractivity contribution >= 4 is 0 Å². The molecule has 0 radical (unpaired) electrons. The van der Waals surface area contributed by atoms with Gasteiger partial charge in [-0.1, -0.05) is 20.8 Å². The van der Waals surface area contributed by atoms with E-state index < -0.39 is 0 Å². The van der Waals surface area contributed by atoms with E-state index in [9.17, 15) is 0 Å². The number of hydrogen-bond acceptors (Lipinski definition) is 2. The number of hydrogen-bond donors (Lipinski definition) is 0. The van der Waals surface area contributed by atoms with E-state index >= 15 is 0 Å². The molecule has 1 aliphatic heterocycles. The van der Waals surface area contributed by atoms with Gasteiger partial charge in [0.05, 0.1) is 0 Å². The fourth-order valence-corrected chi connectivity index (χ4v) is 2.75. The standard InChI is InChI=1S/C12H24N2/c1-4-13-5-7-14(8-6-13)12-9-11(12)10(2)3/h10-12H,4-9H2,1-3H3. The number of rotatable bonds is 3. The summed E-state index contributed by atoms with van der Waals surface area (Å²) in [6.45, 7) is 13.4. The van der Waals surface area contributed by atoms with Crippen molar-refractivity contribution in [3.05, 3.63) is 0 Å². The van der Waals surface area contributed by atoms with Gasteiger partial charge in [-0.25, -0.2) is 0 Å². The molecule has 2 rings (SSSR count). The molecule has 2 aliphatic rings. The quantitative estimate of drug-likeness (QED) is 0.677. The van der Waals surface area contributed by atoms with Gasteiger partial charge in [-0.05, 0) is 24.8 Å². The van der Waals surface area contributed by atoms with E-state index in [1.54, 1.807) is 0 Å². The summed E-state index contributed by atoms with van der Waals surface area (Å²) in [5, 5.41) is 0. The number of piperazine rings is 1. The molecule has 0 aromatic heterocycles. The maximum atomic E-state index is 2.72. The van der Waals surface area contributed by atoms with Crippen LogP contribution in [-0.4, -0.2) is 48.6 Å². The molecular weight excluding hydrogens is 172 g/mol. The van der Waals surface area contributed by atoms with Gasteiger partial charge in [0.25, 0.3) is 0 Å². The van der Waals surface area contributed by atoms with Gasteiger partial charge in [-0.2, -0.15) is 0 Å². The molecular formula is C12H24N2. The average Bonchev–Trinajstić information content (AvgIpc) is 2.97. The Labute approximate surface area is 88.3 Å². The normalized spacial score (nSPS) is 35.1. The Kier molecular flexibility index (Phi) is 3.13. The highest BCUT2D eigenvalue weighted by Gasteiger charge is 2.43. The minimum absolute atomic E-state index is 0.893. The maximum absolute atomic E-state index is 2.72. The lowest BCUT2D eigenvalue weighted by atomic mass is 10.1. The maximum Gasteiger partial charge on any atom is 0.0131 e. The van der Waals surface area contributed by atoms with Crippen molar-refractivity contribution in [1.82, 2.24) is 9.80 Å². The van der Waals surface area contributed by atoms with Crippen LogP contribution in [0.25, 0.3) is 0 Å². The molecule has 2 fully saturated rings. The van der Waals surface area contributed by atoms with E-state index in [1.165, 1.54) is 39.1 Å². The summed E-state index contributed by atoms with van der Waals surface area (Å²) in [6.07, 6.45) is 1.46. The van der Waals surface area contributed by atoms with Gasteiger partial charge < -0.3 is 4.90 Å². The molecule has 2 unspecified atom stereocenters. The summed E-state index contributed by atoms with van der Waals surface area (Å²) in [4.78, 5) is 5.28. The molecule has 82 valence electrons. The lowest BCUT2D eigenvalue weighted by Gasteiger charge is -2.34. The first-order chi connectivity index (χ1) is 6.72. The van der Waals surface area contributed by atoms with Crippen molar-refractivity contribution in [3.63, 3.8) is 0 Å². The molecule has 2 heteroatoms. The Balaban J connectivity index is 1.75. The fourth-order valence-electron chi connectivity index (χ4n) is 2.75. The fraction of sp³-hybridized carbons (Fsp3) is 1.00. The van der Waals surface area contributed by atoms with Crippen molar-refractivity contribution in [3.8, 4) is 0 Å². The molecule has 14 heavy (non-hydrogen) atoms. The van der Waals surface area contributed by atoms with E-state index in [1.807, 2.05) is 0 Å². The second-order valence-corrected chi connectivity index (χ2v) is 5.18. The topological polar surface area (TPSA) is 6.48 Å². The van der Waals surface area contributed by atoms with Crippen LogP contribution < -0.4 is 0 Å². The molecule has 1 aliphatic carbocycles. The molecule has 0 aromatic rings. The highest BCUT2D eigenvalue weighted by atomic mass is 15.3. The summed E-state index contributed by atoms with van der Waals surface area (Å²) in [6, 6.07) is 0.939. The third kappa shape index (κ3) is 2.12. The van der Waals surface area contributed by atoms with Crippen LogP contribution in [0.4, 0.5) is 0 Å². The van der Waals surface area contributed by atoms with E-state index in [2.05, 4.69) is 30.6 Å². The van der Waals surface area contributed by atoms with Gasteiger partial charge in [0, 0.05) is 32.2 Å². The molecule has 0 spiro atoms. The van der Waals surface area contributed by atoms with Gasteiger partial charge in [0.15, 0.2) is 0 Å². The Hall–Kier alpha value is -0.0800. The molecule has 1 saturated heterocycles. The van der Waals surface area contributed by atoms with Gasteiger partial charge in [0.1, 0.15) is 0 Å². The Morgan fingerprint density at radius 2 is 1.79 bits per heavy atom. The zero-order valence-corrected chi connectivity index (χ0v) is 9.87. The van der Waals surface area contributed by atoms with Gasteiger partial charge in [-0.15, -0.1) is 0 Å². The highest BCUT2D eigenvalue weighted by Crippen LogP contribution is 2.41. The predicted molar refractivity (Wildman–Crippen MR) is 60.4 cm³/mol. The van der Waals surface area contributed by atoms with E-state index in [4.69, 9.17) is 0 Å². The third-order valence-corrected chi connectivity index (χ3v) is 3.98. The van der Waals surface area contributed by atoms with E-state index in [0.29, 0.717) is 0 Å². The van der Waals surface area contributed by atoms with Crippen LogP contribution in [-0.2, 0) is 0 Å². The lowest BCUT2D eigenvalue weighted by Crippen LogP contribution is -2.47. The summed E-state index contributed by atoms with van der Waals surface area (Å²) in [5.41, 5.74) is 0. The molecule has 0 aromatic carbocycles. The molecule has 1 heterocycles. The van der Waals surface area contributed by atoms with Crippen molar-refractivity contribution in [2.75, 3.05) is 32.7 Å². The first kappa shape index (κ1) is 10.4. The Morgan fingerprint density at radius 1 is 1.14 bits per heavy atom. The number of likely N-dealkylation sites (N-methyl/N-ethyl adjacent to an activating group) is 1. The van der Waals surface area contributed by atoms with Crippen LogP contribution in [0.3, 0.4) is 0 Å². The minimum Gasteiger partial charge on any atom is -0.301 e. The summed E-state index contributed by atoms with van der Waals surface area (Å²) >= 11 is 0.